The number of aryl methyl sites for hydroxylation is 1. The molecular weight excluding hydrogens is 272 g/mol. The van der Waals surface area contributed by atoms with Crippen molar-refractivity contribution in [2.45, 2.75) is 19.8 Å². The molecule has 2 rings (SSSR count). The van der Waals surface area contributed by atoms with Gasteiger partial charge in [0.25, 0.3) is 0 Å². The Morgan fingerprint density at radius 1 is 1.43 bits per heavy atom. The summed E-state index contributed by atoms with van der Waals surface area (Å²) in [7, 11) is 0. The number of nitrogens with one attached hydrogen (secondary N) is 1. The van der Waals surface area contributed by atoms with Gasteiger partial charge in [0.1, 0.15) is 5.75 Å². The van der Waals surface area contributed by atoms with Crippen molar-refractivity contribution < 1.29 is 14.1 Å². The third-order valence-electron chi connectivity index (χ3n) is 2.75. The van der Waals surface area contributed by atoms with E-state index in [1.54, 1.807) is 19.1 Å². The number of rotatable bonds is 7. The molecule has 21 heavy (non-hydrogen) atoms. The molecule has 7 nitrogen and oxygen atoms in total. The number of nitrogens with two attached hydrogens (primary N) is 1. The molecule has 0 aliphatic rings. The van der Waals surface area contributed by atoms with E-state index in [0.29, 0.717) is 36.1 Å². The second kappa shape index (κ2) is 7.28. The molecule has 1 heterocycles. The van der Waals surface area contributed by atoms with E-state index in [1.165, 1.54) is 0 Å². The van der Waals surface area contributed by atoms with Gasteiger partial charge in [-0.3, -0.25) is 4.79 Å². The van der Waals surface area contributed by atoms with Crippen LogP contribution in [0.4, 0.5) is 5.69 Å². The SMILES string of the molecule is Cc1nc(CCNC(=O)CCOc2ccccc2N)no1. The predicted octanol–water partition coefficient (Wildman–Crippen LogP) is 1.09. The van der Waals surface area contributed by atoms with Crippen molar-refractivity contribution in [3.05, 3.63) is 36.0 Å². The molecule has 112 valence electrons. The largest absolute Gasteiger partial charge is 0.491 e. The van der Waals surface area contributed by atoms with Crippen molar-refractivity contribution in [1.82, 2.24) is 15.5 Å². The maximum atomic E-state index is 11.6. The molecule has 2 aromatic rings. The lowest BCUT2D eigenvalue weighted by Gasteiger charge is -2.08. The van der Waals surface area contributed by atoms with Crippen LogP contribution in [-0.4, -0.2) is 29.2 Å². The van der Waals surface area contributed by atoms with E-state index < -0.39 is 0 Å². The highest BCUT2D eigenvalue weighted by Crippen LogP contribution is 2.19. The minimum Gasteiger partial charge on any atom is -0.491 e. The number of benzene rings is 1. The molecule has 0 fully saturated rings. The van der Waals surface area contributed by atoms with Crippen molar-refractivity contribution in [3.63, 3.8) is 0 Å². The van der Waals surface area contributed by atoms with Gasteiger partial charge >= 0.3 is 0 Å². The summed E-state index contributed by atoms with van der Waals surface area (Å²) >= 11 is 0. The third-order valence-corrected chi connectivity index (χ3v) is 2.75. The number of para-hydroxylation sites is 2. The molecule has 1 amide bonds. The van der Waals surface area contributed by atoms with Crippen LogP contribution < -0.4 is 15.8 Å². The first-order valence-electron chi connectivity index (χ1n) is 6.68. The van der Waals surface area contributed by atoms with Crippen LogP contribution in [0.1, 0.15) is 18.1 Å². The van der Waals surface area contributed by atoms with Crippen molar-refractivity contribution in [1.29, 1.82) is 0 Å². The molecule has 0 aliphatic carbocycles. The zero-order valence-corrected chi connectivity index (χ0v) is 11.8. The molecule has 3 N–H and O–H groups in total. The number of carbonyl (C=O) groups is 1. The summed E-state index contributed by atoms with van der Waals surface area (Å²) in [6.07, 6.45) is 0.801. The highest BCUT2D eigenvalue weighted by Gasteiger charge is 2.05. The number of amides is 1. The Kier molecular flexibility index (Phi) is 5.14. The lowest BCUT2D eigenvalue weighted by molar-refractivity contribution is -0.121. The summed E-state index contributed by atoms with van der Waals surface area (Å²) in [4.78, 5) is 15.7. The average Bonchev–Trinajstić information content (AvgIpc) is 2.87. The monoisotopic (exact) mass is 290 g/mol. The zero-order chi connectivity index (χ0) is 15.1. The fraction of sp³-hybridized carbons (Fsp3) is 0.357. The molecule has 0 radical (unpaired) electrons. The van der Waals surface area contributed by atoms with E-state index >= 15 is 0 Å². The molecule has 1 aromatic carbocycles. The predicted molar refractivity (Wildman–Crippen MR) is 76.7 cm³/mol. The number of carbonyl (C=O) groups excluding carboxylic acids is 1. The molecule has 0 saturated heterocycles. The molecular formula is C14H18N4O3. The first-order chi connectivity index (χ1) is 10.1. The van der Waals surface area contributed by atoms with E-state index in [9.17, 15) is 4.79 Å². The van der Waals surface area contributed by atoms with Crippen LogP contribution in [0.5, 0.6) is 5.75 Å². The van der Waals surface area contributed by atoms with Gasteiger partial charge in [0.2, 0.25) is 11.8 Å². The van der Waals surface area contributed by atoms with Gasteiger partial charge in [-0.25, -0.2) is 0 Å². The maximum Gasteiger partial charge on any atom is 0.223 e. The fourth-order valence-electron chi connectivity index (χ4n) is 1.71. The summed E-state index contributed by atoms with van der Waals surface area (Å²) in [5.41, 5.74) is 6.30. The van der Waals surface area contributed by atoms with Crippen LogP contribution in [0.15, 0.2) is 28.8 Å². The van der Waals surface area contributed by atoms with Gasteiger partial charge in [-0.1, -0.05) is 17.3 Å². The molecule has 1 aromatic heterocycles. The minimum atomic E-state index is -0.0929. The van der Waals surface area contributed by atoms with Crippen LogP contribution in [0.25, 0.3) is 0 Å². The second-order valence-electron chi connectivity index (χ2n) is 4.47. The molecule has 0 spiro atoms. The molecule has 0 atom stereocenters. The molecule has 0 aliphatic heterocycles. The van der Waals surface area contributed by atoms with Gasteiger partial charge < -0.3 is 20.3 Å². The van der Waals surface area contributed by atoms with Gasteiger partial charge in [0, 0.05) is 19.9 Å². The van der Waals surface area contributed by atoms with Gasteiger partial charge in [-0.05, 0) is 12.1 Å². The minimum absolute atomic E-state index is 0.0929. The molecule has 0 unspecified atom stereocenters. The van der Waals surface area contributed by atoms with Crippen molar-refractivity contribution in [2.75, 3.05) is 18.9 Å². The summed E-state index contributed by atoms with van der Waals surface area (Å²) in [6, 6.07) is 7.18. The van der Waals surface area contributed by atoms with E-state index in [1.807, 2.05) is 12.1 Å². The van der Waals surface area contributed by atoms with Crippen LogP contribution in [0, 0.1) is 6.92 Å². The second-order valence-corrected chi connectivity index (χ2v) is 4.47. The molecule has 0 saturated carbocycles. The van der Waals surface area contributed by atoms with Gasteiger partial charge in [-0.2, -0.15) is 4.98 Å². The average molecular weight is 290 g/mol. The van der Waals surface area contributed by atoms with E-state index in [2.05, 4.69) is 15.5 Å². The lowest BCUT2D eigenvalue weighted by atomic mass is 10.3. The maximum absolute atomic E-state index is 11.6. The van der Waals surface area contributed by atoms with Crippen molar-refractivity contribution >= 4 is 11.6 Å². The van der Waals surface area contributed by atoms with Gasteiger partial charge in [-0.15, -0.1) is 0 Å². The number of anilines is 1. The van der Waals surface area contributed by atoms with Crippen LogP contribution in [-0.2, 0) is 11.2 Å². The van der Waals surface area contributed by atoms with Gasteiger partial charge in [0.15, 0.2) is 5.82 Å². The molecule has 0 bridgehead atoms. The Labute approximate surface area is 122 Å². The standard InChI is InChI=1S/C14H18N4O3/c1-10-17-13(18-21-10)6-8-16-14(19)7-9-20-12-5-3-2-4-11(12)15/h2-5H,6-9,15H2,1H3,(H,16,19). The Bertz CT molecular complexity index is 597. The number of nitrogen functional groups attached to an aromatic ring is 1. The number of nitrogens with zero attached hydrogens (tertiary/aromatic N) is 2. The highest BCUT2D eigenvalue weighted by atomic mass is 16.5. The van der Waals surface area contributed by atoms with Gasteiger partial charge in [0.05, 0.1) is 18.7 Å². The summed E-state index contributed by atoms with van der Waals surface area (Å²) in [6.45, 7) is 2.47. The van der Waals surface area contributed by atoms with Crippen LogP contribution in [0.2, 0.25) is 0 Å². The lowest BCUT2D eigenvalue weighted by Crippen LogP contribution is -2.27. The quantitative estimate of drug-likeness (QED) is 0.740. The highest BCUT2D eigenvalue weighted by molar-refractivity contribution is 5.76. The van der Waals surface area contributed by atoms with E-state index in [-0.39, 0.29) is 18.9 Å². The first kappa shape index (κ1) is 14.8. The Morgan fingerprint density at radius 3 is 2.95 bits per heavy atom. The summed E-state index contributed by atoms with van der Waals surface area (Å²) < 4.78 is 10.3. The van der Waals surface area contributed by atoms with Crippen molar-refractivity contribution in [3.8, 4) is 5.75 Å². The fourth-order valence-corrected chi connectivity index (χ4v) is 1.71. The Hall–Kier alpha value is -2.57. The Balaban J connectivity index is 1.63. The molecule has 7 heteroatoms. The normalized spacial score (nSPS) is 10.3. The number of aromatic nitrogens is 2. The van der Waals surface area contributed by atoms with E-state index in [4.69, 9.17) is 15.0 Å². The van der Waals surface area contributed by atoms with Crippen LogP contribution in [0.3, 0.4) is 0 Å². The van der Waals surface area contributed by atoms with E-state index in [0.717, 1.165) is 0 Å². The topological polar surface area (TPSA) is 103 Å². The summed E-state index contributed by atoms with van der Waals surface area (Å²) in [5.74, 6) is 1.60. The Morgan fingerprint density at radius 2 is 2.24 bits per heavy atom. The summed E-state index contributed by atoms with van der Waals surface area (Å²) in [5, 5.41) is 6.52. The smallest absolute Gasteiger partial charge is 0.223 e. The van der Waals surface area contributed by atoms with Crippen molar-refractivity contribution in [2.24, 2.45) is 0 Å². The first-order valence-corrected chi connectivity index (χ1v) is 6.68. The number of ether oxygens (including phenoxy) is 1. The zero-order valence-electron chi connectivity index (χ0n) is 11.8. The number of hydrogen-bond acceptors (Lipinski definition) is 6. The van der Waals surface area contributed by atoms with Crippen LogP contribution >= 0.6 is 0 Å². The third kappa shape index (κ3) is 4.79. The number of hydrogen-bond donors (Lipinski definition) is 2.